The molecule has 108 valence electrons. The van der Waals surface area contributed by atoms with Crippen molar-refractivity contribution < 1.29 is 14.4 Å². The molecular weight excluding hydrogens is 278 g/mol. The number of aromatic nitrogens is 2. The van der Waals surface area contributed by atoms with Crippen LogP contribution in [-0.2, 0) is 11.3 Å². The zero-order chi connectivity index (χ0) is 14.5. The SMILES string of the molecule is CCN(Cc1noc(-c2cccs2)n1)C(C)CC(=O)O. The van der Waals surface area contributed by atoms with Gasteiger partial charge in [-0.15, -0.1) is 11.3 Å². The maximum Gasteiger partial charge on any atom is 0.304 e. The average Bonchev–Trinajstić information content (AvgIpc) is 3.05. The van der Waals surface area contributed by atoms with Crippen LogP contribution in [0.4, 0.5) is 0 Å². The second kappa shape index (κ2) is 6.62. The van der Waals surface area contributed by atoms with Gasteiger partial charge in [0.1, 0.15) is 0 Å². The number of carbonyl (C=O) groups is 1. The highest BCUT2D eigenvalue weighted by atomic mass is 32.1. The first-order valence-corrected chi connectivity index (χ1v) is 7.30. The molecule has 0 aliphatic heterocycles. The summed E-state index contributed by atoms with van der Waals surface area (Å²) in [5.74, 6) is 0.285. The molecule has 1 N–H and O–H groups in total. The summed E-state index contributed by atoms with van der Waals surface area (Å²) in [6.45, 7) is 5.09. The molecule has 0 saturated heterocycles. The van der Waals surface area contributed by atoms with E-state index in [1.165, 1.54) is 0 Å². The Balaban J connectivity index is 2.03. The molecule has 0 aromatic carbocycles. The second-order valence-corrected chi connectivity index (χ2v) is 5.45. The van der Waals surface area contributed by atoms with Gasteiger partial charge in [-0.05, 0) is 24.9 Å². The van der Waals surface area contributed by atoms with E-state index < -0.39 is 5.97 Å². The zero-order valence-corrected chi connectivity index (χ0v) is 12.3. The van der Waals surface area contributed by atoms with Crippen LogP contribution in [0.5, 0.6) is 0 Å². The van der Waals surface area contributed by atoms with Crippen molar-refractivity contribution in [1.82, 2.24) is 15.0 Å². The second-order valence-electron chi connectivity index (χ2n) is 4.50. The van der Waals surface area contributed by atoms with Crippen molar-refractivity contribution in [3.63, 3.8) is 0 Å². The highest BCUT2D eigenvalue weighted by Crippen LogP contribution is 2.22. The normalized spacial score (nSPS) is 12.8. The lowest BCUT2D eigenvalue weighted by Crippen LogP contribution is -2.34. The molecule has 0 radical (unpaired) electrons. The van der Waals surface area contributed by atoms with Gasteiger partial charge in [-0.1, -0.05) is 18.1 Å². The number of hydrogen-bond donors (Lipinski definition) is 1. The quantitative estimate of drug-likeness (QED) is 0.845. The van der Waals surface area contributed by atoms with Crippen LogP contribution in [0.25, 0.3) is 10.8 Å². The third-order valence-electron chi connectivity index (χ3n) is 3.04. The molecule has 2 heterocycles. The molecule has 6 nitrogen and oxygen atoms in total. The fraction of sp³-hybridized carbons (Fsp3) is 0.462. The van der Waals surface area contributed by atoms with Crippen molar-refractivity contribution in [3.05, 3.63) is 23.3 Å². The first-order chi connectivity index (χ1) is 9.60. The van der Waals surface area contributed by atoms with Crippen molar-refractivity contribution in [3.8, 4) is 10.8 Å². The molecule has 0 spiro atoms. The predicted molar refractivity (Wildman–Crippen MR) is 75.4 cm³/mol. The van der Waals surface area contributed by atoms with Crippen molar-refractivity contribution in [1.29, 1.82) is 0 Å². The minimum absolute atomic E-state index is 0.0683. The Morgan fingerprint density at radius 1 is 1.60 bits per heavy atom. The smallest absolute Gasteiger partial charge is 0.304 e. The minimum Gasteiger partial charge on any atom is -0.481 e. The van der Waals surface area contributed by atoms with Gasteiger partial charge in [0, 0.05) is 6.04 Å². The molecule has 0 amide bonds. The van der Waals surface area contributed by atoms with Crippen LogP contribution < -0.4 is 0 Å². The van der Waals surface area contributed by atoms with Crippen molar-refractivity contribution >= 4 is 17.3 Å². The van der Waals surface area contributed by atoms with E-state index in [9.17, 15) is 4.79 Å². The minimum atomic E-state index is -0.802. The van der Waals surface area contributed by atoms with E-state index in [2.05, 4.69) is 10.1 Å². The lowest BCUT2D eigenvalue weighted by molar-refractivity contribution is -0.138. The van der Waals surface area contributed by atoms with E-state index in [4.69, 9.17) is 9.63 Å². The van der Waals surface area contributed by atoms with Crippen molar-refractivity contribution in [2.45, 2.75) is 32.9 Å². The van der Waals surface area contributed by atoms with Gasteiger partial charge < -0.3 is 9.63 Å². The van der Waals surface area contributed by atoms with Gasteiger partial charge >= 0.3 is 5.97 Å². The summed E-state index contributed by atoms with van der Waals surface area (Å²) in [6.07, 6.45) is 0.101. The Hall–Kier alpha value is -1.73. The zero-order valence-electron chi connectivity index (χ0n) is 11.4. The van der Waals surface area contributed by atoms with E-state index in [-0.39, 0.29) is 12.5 Å². The third-order valence-corrected chi connectivity index (χ3v) is 3.90. The van der Waals surface area contributed by atoms with Gasteiger partial charge in [0.15, 0.2) is 5.82 Å². The summed E-state index contributed by atoms with van der Waals surface area (Å²) >= 11 is 1.54. The van der Waals surface area contributed by atoms with Crippen LogP contribution >= 0.6 is 11.3 Å². The molecule has 0 bridgehead atoms. The average molecular weight is 295 g/mol. The number of thiophene rings is 1. The predicted octanol–water partition coefficient (Wildman–Crippen LogP) is 2.48. The molecular formula is C13H17N3O3S. The van der Waals surface area contributed by atoms with Gasteiger partial charge in [0.05, 0.1) is 17.8 Å². The van der Waals surface area contributed by atoms with Crippen LogP contribution in [0.3, 0.4) is 0 Å². The Labute approximate surface area is 121 Å². The van der Waals surface area contributed by atoms with Crippen LogP contribution in [0.15, 0.2) is 22.0 Å². The van der Waals surface area contributed by atoms with Crippen molar-refractivity contribution in [2.75, 3.05) is 6.54 Å². The van der Waals surface area contributed by atoms with Gasteiger partial charge in [0.2, 0.25) is 0 Å². The van der Waals surface area contributed by atoms with Crippen LogP contribution in [-0.4, -0.2) is 38.7 Å². The summed E-state index contributed by atoms with van der Waals surface area (Å²) in [4.78, 5) is 18.1. The number of carboxylic acids is 1. The number of rotatable bonds is 7. The molecule has 2 aromatic heterocycles. The molecule has 0 fully saturated rings. The molecule has 20 heavy (non-hydrogen) atoms. The topological polar surface area (TPSA) is 79.5 Å². The summed E-state index contributed by atoms with van der Waals surface area (Å²) < 4.78 is 5.22. The standard InChI is InChI=1S/C13H17N3O3S/c1-3-16(9(2)7-12(17)18)8-11-14-13(19-15-11)10-5-4-6-20-10/h4-6,9H,3,7-8H2,1-2H3,(H,17,18). The van der Waals surface area contributed by atoms with E-state index in [0.29, 0.717) is 18.3 Å². The molecule has 0 aliphatic carbocycles. The Morgan fingerprint density at radius 3 is 3.00 bits per heavy atom. The first kappa shape index (κ1) is 14.7. The van der Waals surface area contributed by atoms with E-state index in [1.54, 1.807) is 11.3 Å². The number of hydrogen-bond acceptors (Lipinski definition) is 6. The van der Waals surface area contributed by atoms with Crippen LogP contribution in [0, 0.1) is 0 Å². The highest BCUT2D eigenvalue weighted by molar-refractivity contribution is 7.13. The Kier molecular flexibility index (Phi) is 4.86. The number of nitrogens with zero attached hydrogens (tertiary/aromatic N) is 3. The number of carboxylic acid groups (broad SMARTS) is 1. The summed E-state index contributed by atoms with van der Waals surface area (Å²) in [7, 11) is 0. The summed E-state index contributed by atoms with van der Waals surface area (Å²) in [6, 6.07) is 3.78. The van der Waals surface area contributed by atoms with Crippen molar-refractivity contribution in [2.24, 2.45) is 0 Å². The van der Waals surface area contributed by atoms with Crippen LogP contribution in [0.1, 0.15) is 26.1 Å². The van der Waals surface area contributed by atoms with Gasteiger partial charge in [-0.2, -0.15) is 4.98 Å². The maximum absolute atomic E-state index is 10.8. The number of aliphatic carboxylic acids is 1. The fourth-order valence-electron chi connectivity index (χ4n) is 1.96. The van der Waals surface area contributed by atoms with Gasteiger partial charge in [0.25, 0.3) is 5.89 Å². The lowest BCUT2D eigenvalue weighted by atomic mass is 10.2. The third kappa shape index (κ3) is 3.64. The Morgan fingerprint density at radius 2 is 2.40 bits per heavy atom. The maximum atomic E-state index is 10.8. The van der Waals surface area contributed by atoms with E-state index in [1.807, 2.05) is 36.3 Å². The highest BCUT2D eigenvalue weighted by Gasteiger charge is 2.18. The molecule has 1 atom stereocenters. The monoisotopic (exact) mass is 295 g/mol. The fourth-order valence-corrected chi connectivity index (χ4v) is 2.61. The molecule has 7 heteroatoms. The van der Waals surface area contributed by atoms with Crippen LogP contribution in [0.2, 0.25) is 0 Å². The van der Waals surface area contributed by atoms with Gasteiger partial charge in [-0.25, -0.2) is 0 Å². The summed E-state index contributed by atoms with van der Waals surface area (Å²) in [5, 5.41) is 14.8. The molecule has 0 saturated carbocycles. The molecule has 2 aromatic rings. The largest absolute Gasteiger partial charge is 0.481 e. The molecule has 0 aliphatic rings. The van der Waals surface area contributed by atoms with E-state index >= 15 is 0 Å². The van der Waals surface area contributed by atoms with Gasteiger partial charge in [-0.3, -0.25) is 9.69 Å². The molecule has 1 unspecified atom stereocenters. The molecule has 2 rings (SSSR count). The Bertz CT molecular complexity index is 553. The van der Waals surface area contributed by atoms with E-state index in [0.717, 1.165) is 11.4 Å². The first-order valence-electron chi connectivity index (χ1n) is 6.42. The lowest BCUT2D eigenvalue weighted by Gasteiger charge is -2.24. The summed E-state index contributed by atoms with van der Waals surface area (Å²) in [5.41, 5.74) is 0.